The first-order valence-electron chi connectivity index (χ1n) is 8.58. The molecule has 0 aliphatic carbocycles. The summed E-state index contributed by atoms with van der Waals surface area (Å²) in [6.07, 6.45) is 0. The average Bonchev–Trinajstić information content (AvgIpc) is 2.75. The lowest BCUT2D eigenvalue weighted by Gasteiger charge is -2.31. The van der Waals surface area contributed by atoms with Gasteiger partial charge in [-0.05, 0) is 48.9 Å². The normalized spacial score (nSPS) is 13.4. The summed E-state index contributed by atoms with van der Waals surface area (Å²) < 4.78 is 19.5. The Bertz CT molecular complexity index is 956. The van der Waals surface area contributed by atoms with E-state index in [1.807, 2.05) is 78.9 Å². The molecule has 3 aromatic carbocycles. The molecular formula is C22H21N2O2P. The van der Waals surface area contributed by atoms with Crippen LogP contribution in [0.3, 0.4) is 0 Å². The summed E-state index contributed by atoms with van der Waals surface area (Å²) in [6.45, 7) is 1.74. The number of rotatable bonds is 6. The summed E-state index contributed by atoms with van der Waals surface area (Å²) in [5.41, 5.74) is -0.480. The van der Waals surface area contributed by atoms with Crippen molar-refractivity contribution in [3.63, 3.8) is 0 Å². The molecule has 3 aromatic rings. The Balaban J connectivity index is 2.13. The number of nitrogens with zero attached hydrogens (tertiary/aromatic N) is 1. The topological polar surface area (TPSA) is 62.1 Å². The molecule has 4 nitrogen and oxygen atoms in total. The molecule has 3 rings (SSSR count). The maximum absolute atomic E-state index is 14.2. The summed E-state index contributed by atoms with van der Waals surface area (Å²) in [6, 6.07) is 28.0. The number of nitrogens with one attached hydrogen (secondary N) is 1. The fraction of sp³-hybridized carbons (Fsp3) is 0.136. The second kappa shape index (κ2) is 7.80. The van der Waals surface area contributed by atoms with Gasteiger partial charge in [-0.3, -0.25) is 4.57 Å². The fourth-order valence-corrected chi connectivity index (χ4v) is 5.51. The maximum atomic E-state index is 14.2. The third kappa shape index (κ3) is 3.80. The molecule has 5 heteroatoms. The first-order valence-corrected chi connectivity index (χ1v) is 10.3. The zero-order valence-corrected chi connectivity index (χ0v) is 16.2. The van der Waals surface area contributed by atoms with Crippen molar-refractivity contribution in [3.05, 3.63) is 90.5 Å². The highest BCUT2D eigenvalue weighted by molar-refractivity contribution is 7.77. The number of hydrogen-bond donors (Lipinski definition) is 1. The van der Waals surface area contributed by atoms with Gasteiger partial charge in [0.25, 0.3) is 0 Å². The molecule has 0 unspecified atom stereocenters. The van der Waals surface area contributed by atoms with Crippen molar-refractivity contribution < 1.29 is 9.30 Å². The van der Waals surface area contributed by atoms with Gasteiger partial charge in [0.15, 0.2) is 0 Å². The van der Waals surface area contributed by atoms with E-state index < -0.39 is 12.8 Å². The van der Waals surface area contributed by atoms with Crippen LogP contribution in [-0.4, -0.2) is 7.11 Å². The summed E-state index contributed by atoms with van der Waals surface area (Å²) in [5, 5.41) is 14.5. The van der Waals surface area contributed by atoms with Crippen LogP contribution in [-0.2, 0) is 10.1 Å². The lowest BCUT2D eigenvalue weighted by molar-refractivity contribution is 0.412. The molecule has 136 valence electrons. The highest BCUT2D eigenvalue weighted by Crippen LogP contribution is 2.43. The Labute approximate surface area is 159 Å². The van der Waals surface area contributed by atoms with Gasteiger partial charge in [0.1, 0.15) is 11.3 Å². The van der Waals surface area contributed by atoms with E-state index >= 15 is 0 Å². The van der Waals surface area contributed by atoms with Crippen molar-refractivity contribution in [2.45, 2.75) is 12.5 Å². The van der Waals surface area contributed by atoms with Gasteiger partial charge < -0.3 is 4.74 Å². The molecule has 0 heterocycles. The van der Waals surface area contributed by atoms with Crippen molar-refractivity contribution in [3.8, 4) is 11.8 Å². The molecular weight excluding hydrogens is 355 g/mol. The molecule has 0 fully saturated rings. The summed E-state index contributed by atoms with van der Waals surface area (Å²) >= 11 is 0. The summed E-state index contributed by atoms with van der Waals surface area (Å²) in [7, 11) is -1.69. The molecule has 1 N–H and O–H groups in total. The lowest BCUT2D eigenvalue weighted by atomic mass is 9.95. The minimum absolute atomic E-state index is 0.644. The van der Waals surface area contributed by atoms with Gasteiger partial charge in [-0.25, -0.2) is 5.09 Å². The smallest absolute Gasteiger partial charge is 0.206 e. The third-order valence-corrected chi connectivity index (χ3v) is 7.30. The second-order valence-electron chi connectivity index (χ2n) is 6.36. The molecule has 1 atom stereocenters. The Morgan fingerprint density at radius 3 is 1.96 bits per heavy atom. The van der Waals surface area contributed by atoms with Crippen molar-refractivity contribution in [2.75, 3.05) is 7.11 Å². The van der Waals surface area contributed by atoms with Crippen molar-refractivity contribution in [2.24, 2.45) is 0 Å². The molecule has 0 saturated carbocycles. The van der Waals surface area contributed by atoms with Crippen LogP contribution >= 0.6 is 7.29 Å². The van der Waals surface area contributed by atoms with Crippen LogP contribution in [0, 0.1) is 11.3 Å². The highest BCUT2D eigenvalue weighted by Gasteiger charge is 2.38. The number of ether oxygens (including phenoxy) is 1. The van der Waals surface area contributed by atoms with Gasteiger partial charge in [-0.1, -0.05) is 48.5 Å². The van der Waals surface area contributed by atoms with Crippen LogP contribution in [0.2, 0.25) is 0 Å². The molecule has 27 heavy (non-hydrogen) atoms. The fourth-order valence-electron chi connectivity index (χ4n) is 2.96. The first-order chi connectivity index (χ1) is 13.0. The van der Waals surface area contributed by atoms with Gasteiger partial charge in [0.05, 0.1) is 13.2 Å². The van der Waals surface area contributed by atoms with Crippen LogP contribution < -0.4 is 20.4 Å². The number of hydrogen-bond acceptors (Lipinski definition) is 3. The zero-order chi connectivity index (χ0) is 19.3. The van der Waals surface area contributed by atoms with Crippen LogP contribution in [0.15, 0.2) is 84.9 Å². The van der Waals surface area contributed by atoms with Gasteiger partial charge in [0.2, 0.25) is 7.29 Å². The molecule has 0 radical (unpaired) electrons. The Morgan fingerprint density at radius 2 is 1.48 bits per heavy atom. The van der Waals surface area contributed by atoms with Crippen LogP contribution in [0.1, 0.15) is 12.5 Å². The van der Waals surface area contributed by atoms with E-state index in [0.717, 1.165) is 0 Å². The molecule has 0 spiro atoms. The number of benzene rings is 3. The molecule has 0 aliphatic rings. The molecule has 0 saturated heterocycles. The van der Waals surface area contributed by atoms with Gasteiger partial charge in [-0.2, -0.15) is 5.26 Å². The molecule has 0 aliphatic heterocycles. The Morgan fingerprint density at radius 1 is 0.926 bits per heavy atom. The maximum Gasteiger partial charge on any atom is 0.206 e. The average molecular weight is 376 g/mol. The predicted octanol–water partition coefficient (Wildman–Crippen LogP) is 3.95. The van der Waals surface area contributed by atoms with Crippen molar-refractivity contribution in [1.29, 1.82) is 5.26 Å². The Kier molecular flexibility index (Phi) is 5.46. The van der Waals surface area contributed by atoms with Crippen LogP contribution in [0.25, 0.3) is 0 Å². The third-order valence-electron chi connectivity index (χ3n) is 4.49. The summed E-state index contributed by atoms with van der Waals surface area (Å²) in [5.74, 6) is 0.644. The van der Waals surface area contributed by atoms with E-state index in [2.05, 4.69) is 11.2 Å². The standard InChI is InChI=1S/C22H21N2O2P/c1-22(17-23,18-10-9-11-19(16-18)26-2)24-27(25,20-12-5-3-6-13-20)21-14-7-4-8-15-21/h3-16H,1-2H3,(H,24,25)/t22-/m1/s1. The summed E-state index contributed by atoms with van der Waals surface area (Å²) in [4.78, 5) is 0. The SMILES string of the molecule is COc1cccc([C@@](C)(C#N)NP(=O)(c2ccccc2)c2ccccc2)c1. The van der Waals surface area contributed by atoms with Gasteiger partial charge in [-0.15, -0.1) is 0 Å². The quantitative estimate of drug-likeness (QED) is 0.662. The van der Waals surface area contributed by atoms with E-state index in [1.54, 1.807) is 20.1 Å². The first kappa shape index (κ1) is 18.9. The van der Waals surface area contributed by atoms with Gasteiger partial charge >= 0.3 is 0 Å². The number of methoxy groups -OCH3 is 1. The highest BCUT2D eigenvalue weighted by atomic mass is 31.2. The van der Waals surface area contributed by atoms with Crippen molar-refractivity contribution >= 4 is 17.9 Å². The lowest BCUT2D eigenvalue weighted by Crippen LogP contribution is -2.41. The minimum Gasteiger partial charge on any atom is -0.497 e. The second-order valence-corrected chi connectivity index (χ2v) is 8.84. The monoisotopic (exact) mass is 376 g/mol. The Hall–Kier alpha value is -2.86. The van der Waals surface area contributed by atoms with E-state index in [1.165, 1.54) is 0 Å². The van der Waals surface area contributed by atoms with E-state index in [-0.39, 0.29) is 0 Å². The van der Waals surface area contributed by atoms with Crippen LogP contribution in [0.4, 0.5) is 0 Å². The van der Waals surface area contributed by atoms with Crippen molar-refractivity contribution in [1.82, 2.24) is 5.09 Å². The largest absolute Gasteiger partial charge is 0.497 e. The van der Waals surface area contributed by atoms with E-state index in [9.17, 15) is 9.83 Å². The van der Waals surface area contributed by atoms with Gasteiger partial charge in [0, 0.05) is 10.6 Å². The minimum atomic E-state index is -3.26. The molecule has 0 amide bonds. The number of nitriles is 1. The molecule has 0 aromatic heterocycles. The predicted molar refractivity (Wildman–Crippen MR) is 109 cm³/mol. The van der Waals surface area contributed by atoms with E-state index in [4.69, 9.17) is 4.74 Å². The zero-order valence-electron chi connectivity index (χ0n) is 15.3. The van der Waals surface area contributed by atoms with E-state index in [0.29, 0.717) is 21.9 Å². The molecule has 0 bridgehead atoms. The van der Waals surface area contributed by atoms with Crippen LogP contribution in [0.5, 0.6) is 5.75 Å².